The van der Waals surface area contributed by atoms with Crippen LogP contribution in [0.25, 0.3) is 0 Å². The second-order valence-electron chi connectivity index (χ2n) is 6.27. The van der Waals surface area contributed by atoms with Crippen LogP contribution in [-0.2, 0) is 26.2 Å². The van der Waals surface area contributed by atoms with E-state index in [-0.39, 0.29) is 24.8 Å². The molecule has 0 saturated heterocycles. The van der Waals surface area contributed by atoms with Gasteiger partial charge in [-0.15, -0.1) is 24.8 Å². The minimum Gasteiger partial charge on any atom is -0.309 e. The molecule has 0 bridgehead atoms. The Kier molecular flexibility index (Phi) is 8.22. The summed E-state index contributed by atoms with van der Waals surface area (Å²) in [5, 5.41) is 12.6. The van der Waals surface area contributed by atoms with Crippen molar-refractivity contribution in [3.63, 3.8) is 0 Å². The summed E-state index contributed by atoms with van der Waals surface area (Å²) >= 11 is 0. The second kappa shape index (κ2) is 9.42. The molecule has 6 nitrogen and oxygen atoms in total. The second-order valence-corrected chi connectivity index (χ2v) is 6.27. The van der Waals surface area contributed by atoms with Crippen LogP contribution < -0.4 is 5.32 Å². The van der Waals surface area contributed by atoms with Gasteiger partial charge in [-0.3, -0.25) is 9.36 Å². The number of aryl methyl sites for hydroxylation is 3. The molecule has 1 aliphatic rings. The van der Waals surface area contributed by atoms with Crippen molar-refractivity contribution in [3.8, 4) is 0 Å². The van der Waals surface area contributed by atoms with E-state index in [0.29, 0.717) is 0 Å². The van der Waals surface area contributed by atoms with Crippen molar-refractivity contribution in [1.29, 1.82) is 0 Å². The van der Waals surface area contributed by atoms with Gasteiger partial charge in [0.05, 0.1) is 23.6 Å². The van der Waals surface area contributed by atoms with Gasteiger partial charge in [0, 0.05) is 38.4 Å². The molecule has 0 spiro atoms. The maximum atomic E-state index is 4.69. The van der Waals surface area contributed by atoms with E-state index in [1.165, 1.54) is 17.1 Å². The van der Waals surface area contributed by atoms with E-state index in [0.717, 1.165) is 51.4 Å². The van der Waals surface area contributed by atoms with Crippen molar-refractivity contribution in [2.24, 2.45) is 0 Å². The molecule has 0 aliphatic carbocycles. The first kappa shape index (κ1) is 21.0. The molecule has 0 radical (unpaired) electrons. The third-order valence-corrected chi connectivity index (χ3v) is 4.17. The summed E-state index contributed by atoms with van der Waals surface area (Å²) in [6.45, 7) is 10.1. The van der Waals surface area contributed by atoms with Gasteiger partial charge in [0.25, 0.3) is 0 Å². The van der Waals surface area contributed by atoms with Crippen LogP contribution in [0.4, 0.5) is 0 Å². The number of hydrogen-bond donors (Lipinski definition) is 1. The molecule has 8 heteroatoms. The highest BCUT2D eigenvalue weighted by Gasteiger charge is 2.12. The van der Waals surface area contributed by atoms with E-state index in [2.05, 4.69) is 50.8 Å². The first-order chi connectivity index (χ1) is 10.6. The van der Waals surface area contributed by atoms with Gasteiger partial charge < -0.3 is 10.2 Å². The quantitative estimate of drug-likeness (QED) is 0.841. The van der Waals surface area contributed by atoms with E-state index in [1.807, 2.05) is 6.92 Å². The molecule has 0 amide bonds. The van der Waals surface area contributed by atoms with Crippen LogP contribution in [0.1, 0.15) is 29.2 Å². The van der Waals surface area contributed by atoms with E-state index < -0.39 is 0 Å². The largest absolute Gasteiger partial charge is 0.309 e. The van der Waals surface area contributed by atoms with Crippen LogP contribution in [0.5, 0.6) is 0 Å². The highest BCUT2D eigenvalue weighted by molar-refractivity contribution is 5.85. The molecular formula is C16H28Cl2N6. The number of nitrogens with zero attached hydrogens (tertiary/aromatic N) is 5. The minimum atomic E-state index is 0. The highest BCUT2D eigenvalue weighted by atomic mass is 35.5. The fourth-order valence-electron chi connectivity index (χ4n) is 3.08. The zero-order valence-electron chi connectivity index (χ0n) is 14.7. The number of rotatable bonds is 6. The summed E-state index contributed by atoms with van der Waals surface area (Å²) < 4.78 is 4.24. The molecule has 1 aliphatic heterocycles. The van der Waals surface area contributed by atoms with E-state index >= 15 is 0 Å². The van der Waals surface area contributed by atoms with E-state index in [9.17, 15) is 0 Å². The van der Waals surface area contributed by atoms with Gasteiger partial charge in [-0.05, 0) is 39.4 Å². The lowest BCUT2D eigenvalue weighted by atomic mass is 10.3. The first-order valence-corrected chi connectivity index (χ1v) is 8.08. The summed E-state index contributed by atoms with van der Waals surface area (Å²) in [4.78, 5) is 2.34. The molecule has 0 atom stereocenters. The fourth-order valence-corrected chi connectivity index (χ4v) is 3.08. The van der Waals surface area contributed by atoms with E-state index in [4.69, 9.17) is 5.10 Å². The Morgan fingerprint density at radius 1 is 1.21 bits per heavy atom. The van der Waals surface area contributed by atoms with Gasteiger partial charge in [-0.25, -0.2) is 0 Å². The molecule has 2 aromatic rings. The maximum absolute atomic E-state index is 4.69. The normalized spacial score (nSPS) is 13.3. The topological polar surface area (TPSA) is 50.9 Å². The van der Waals surface area contributed by atoms with Crippen molar-refractivity contribution in [2.75, 3.05) is 20.1 Å². The van der Waals surface area contributed by atoms with Gasteiger partial charge >= 0.3 is 0 Å². The van der Waals surface area contributed by atoms with Gasteiger partial charge in [0.2, 0.25) is 0 Å². The number of fused-ring (bicyclic) bond motifs is 1. The molecule has 0 aromatic carbocycles. The Bertz CT molecular complexity index is 613. The molecule has 136 valence electrons. The smallest absolute Gasteiger partial charge is 0.0768 e. The molecular weight excluding hydrogens is 347 g/mol. The molecule has 3 heterocycles. The molecule has 3 rings (SSSR count). The molecule has 1 N–H and O–H groups in total. The zero-order chi connectivity index (χ0) is 15.5. The van der Waals surface area contributed by atoms with Crippen LogP contribution in [0, 0.1) is 13.8 Å². The minimum absolute atomic E-state index is 0. The number of halogens is 2. The summed E-state index contributed by atoms with van der Waals surface area (Å²) in [7, 11) is 2.16. The Balaban J connectivity index is 0.00000144. The third kappa shape index (κ3) is 5.21. The summed E-state index contributed by atoms with van der Waals surface area (Å²) in [6.07, 6.45) is 1.10. The van der Waals surface area contributed by atoms with Crippen molar-refractivity contribution in [3.05, 3.63) is 34.9 Å². The third-order valence-electron chi connectivity index (χ3n) is 4.17. The van der Waals surface area contributed by atoms with Crippen LogP contribution in [0.2, 0.25) is 0 Å². The van der Waals surface area contributed by atoms with Crippen molar-refractivity contribution < 1.29 is 0 Å². The summed E-state index contributed by atoms with van der Waals surface area (Å²) in [5.41, 5.74) is 4.82. The van der Waals surface area contributed by atoms with Crippen molar-refractivity contribution >= 4 is 24.8 Å². The first-order valence-electron chi connectivity index (χ1n) is 8.08. The van der Waals surface area contributed by atoms with Gasteiger partial charge in [-0.2, -0.15) is 10.2 Å². The fraction of sp³-hybridized carbons (Fsp3) is 0.625. The zero-order valence-corrected chi connectivity index (χ0v) is 16.3. The molecule has 0 fully saturated rings. The van der Waals surface area contributed by atoms with E-state index in [1.54, 1.807) is 0 Å². The standard InChI is InChI=1S/C16H26N6.2ClH/c1-13-9-14(2)21(18-13)7-4-6-20(3)12-15-10-16-11-17-5-8-22(16)19-15;;/h9-10,17H,4-8,11-12H2,1-3H3;2*1H. The molecule has 0 unspecified atom stereocenters. The van der Waals surface area contributed by atoms with Crippen LogP contribution in [0.3, 0.4) is 0 Å². The molecule has 0 saturated carbocycles. The van der Waals surface area contributed by atoms with Gasteiger partial charge in [0.1, 0.15) is 0 Å². The summed E-state index contributed by atoms with van der Waals surface area (Å²) in [5.74, 6) is 0. The average Bonchev–Trinajstić information content (AvgIpc) is 3.01. The lowest BCUT2D eigenvalue weighted by molar-refractivity contribution is 0.305. The Hall–Kier alpha value is -1.08. The Morgan fingerprint density at radius 2 is 2.00 bits per heavy atom. The number of hydrogen-bond acceptors (Lipinski definition) is 4. The predicted molar refractivity (Wildman–Crippen MR) is 101 cm³/mol. The highest BCUT2D eigenvalue weighted by Crippen LogP contribution is 2.10. The van der Waals surface area contributed by atoms with Crippen molar-refractivity contribution in [2.45, 2.75) is 46.4 Å². The van der Waals surface area contributed by atoms with Gasteiger partial charge in [0.15, 0.2) is 0 Å². The molecule has 2 aromatic heterocycles. The van der Waals surface area contributed by atoms with Gasteiger partial charge in [-0.1, -0.05) is 0 Å². The Labute approximate surface area is 156 Å². The van der Waals surface area contributed by atoms with Crippen molar-refractivity contribution in [1.82, 2.24) is 29.8 Å². The number of aromatic nitrogens is 4. The van der Waals surface area contributed by atoms with Crippen LogP contribution in [0.15, 0.2) is 12.1 Å². The molecule has 24 heavy (non-hydrogen) atoms. The lowest BCUT2D eigenvalue weighted by Crippen LogP contribution is -2.28. The predicted octanol–water partition coefficient (Wildman–Crippen LogP) is 2.17. The maximum Gasteiger partial charge on any atom is 0.0768 e. The monoisotopic (exact) mass is 374 g/mol. The number of nitrogens with one attached hydrogen (secondary N) is 1. The van der Waals surface area contributed by atoms with Crippen LogP contribution in [-0.4, -0.2) is 44.6 Å². The lowest BCUT2D eigenvalue weighted by Gasteiger charge is -2.15. The average molecular weight is 375 g/mol. The Morgan fingerprint density at radius 3 is 2.67 bits per heavy atom. The van der Waals surface area contributed by atoms with Crippen LogP contribution >= 0.6 is 24.8 Å². The summed E-state index contributed by atoms with van der Waals surface area (Å²) in [6, 6.07) is 4.36. The SMILES string of the molecule is Cc1cc(C)n(CCCN(C)Cc2cc3n(n2)CCNC3)n1.Cl.Cl.